The second kappa shape index (κ2) is 8.76. The Hall–Kier alpha value is -2.70. The van der Waals surface area contributed by atoms with Crippen LogP contribution < -0.4 is 0 Å². The minimum atomic E-state index is -0.921. The first-order chi connectivity index (χ1) is 13.8. The Morgan fingerprint density at radius 2 is 1.76 bits per heavy atom. The average Bonchev–Trinajstić information content (AvgIpc) is 3.10. The van der Waals surface area contributed by atoms with Crippen molar-refractivity contribution in [1.82, 2.24) is 14.4 Å². The van der Waals surface area contributed by atoms with E-state index in [2.05, 4.69) is 10.6 Å². The third-order valence-corrected chi connectivity index (χ3v) is 5.80. The molecule has 1 aromatic rings. The molecule has 2 aliphatic rings. The van der Waals surface area contributed by atoms with Gasteiger partial charge in [0.25, 0.3) is 0 Å². The van der Waals surface area contributed by atoms with E-state index >= 15 is 0 Å². The first-order valence-electron chi connectivity index (χ1n) is 10.4. The van der Waals surface area contributed by atoms with E-state index < -0.39 is 24.4 Å². The van der Waals surface area contributed by atoms with E-state index in [4.69, 9.17) is 0 Å². The number of rotatable bonds is 8. The minimum Gasteiger partial charge on any atom is -0.348 e. The molecule has 0 spiro atoms. The zero-order chi connectivity index (χ0) is 21.1. The zero-order valence-corrected chi connectivity index (χ0v) is 17.5. The van der Waals surface area contributed by atoms with Gasteiger partial charge in [-0.05, 0) is 58.4 Å². The Bertz CT molecular complexity index is 881. The van der Waals surface area contributed by atoms with Crippen molar-refractivity contribution in [2.24, 2.45) is 0 Å². The molecule has 0 unspecified atom stereocenters. The molecule has 0 bridgehead atoms. The summed E-state index contributed by atoms with van der Waals surface area (Å²) in [5, 5.41) is 0. The van der Waals surface area contributed by atoms with E-state index in [9.17, 15) is 19.2 Å². The highest BCUT2D eigenvalue weighted by Gasteiger charge is 2.44. The van der Waals surface area contributed by atoms with Gasteiger partial charge < -0.3 is 4.57 Å². The maximum Gasteiger partial charge on any atom is 0.334 e. The molecule has 0 aromatic carbocycles. The number of aromatic nitrogens is 1. The van der Waals surface area contributed by atoms with Gasteiger partial charge in [-0.3, -0.25) is 19.3 Å². The second-order valence-corrected chi connectivity index (χ2v) is 7.85. The summed E-state index contributed by atoms with van der Waals surface area (Å²) in [6.45, 7) is 6.24. The summed E-state index contributed by atoms with van der Waals surface area (Å²) in [6, 6.07) is 1.11. The van der Waals surface area contributed by atoms with Crippen LogP contribution in [0.25, 0.3) is 0 Å². The van der Waals surface area contributed by atoms with Gasteiger partial charge in [-0.15, -0.1) is 0 Å². The van der Waals surface area contributed by atoms with Crippen LogP contribution in [-0.4, -0.2) is 51.1 Å². The van der Waals surface area contributed by atoms with Gasteiger partial charge in [0.15, 0.2) is 5.78 Å². The molecule has 7 nitrogen and oxygen atoms in total. The fraction of sp³-hybridized carbons (Fsp3) is 0.545. The van der Waals surface area contributed by atoms with Crippen molar-refractivity contribution in [2.45, 2.75) is 65.8 Å². The van der Waals surface area contributed by atoms with Gasteiger partial charge in [0.1, 0.15) is 0 Å². The van der Waals surface area contributed by atoms with Crippen LogP contribution in [0.5, 0.6) is 0 Å². The highest BCUT2D eigenvalue weighted by molar-refractivity contribution is 6.45. The topological polar surface area (TPSA) is 79.7 Å². The van der Waals surface area contributed by atoms with Gasteiger partial charge in [-0.2, -0.15) is 0 Å². The fourth-order valence-electron chi connectivity index (χ4n) is 4.15. The molecule has 0 atom stereocenters. The molecule has 1 aliphatic heterocycles. The first-order valence-corrected chi connectivity index (χ1v) is 10.4. The Morgan fingerprint density at radius 3 is 2.41 bits per heavy atom. The Balaban J connectivity index is 1.71. The second-order valence-electron chi connectivity index (χ2n) is 7.85. The molecule has 156 valence electrons. The predicted octanol–water partition coefficient (Wildman–Crippen LogP) is 3.38. The van der Waals surface area contributed by atoms with Crippen molar-refractivity contribution in [3.63, 3.8) is 0 Å². The number of carbonyl (C=O) groups excluding carboxylic acids is 4. The average molecular weight is 399 g/mol. The Morgan fingerprint density at radius 1 is 1.03 bits per heavy atom. The number of imide groups is 2. The van der Waals surface area contributed by atoms with Crippen molar-refractivity contribution in [2.75, 3.05) is 13.1 Å². The highest BCUT2D eigenvalue weighted by Crippen LogP contribution is 2.23. The lowest BCUT2D eigenvalue weighted by molar-refractivity contribution is -0.143. The van der Waals surface area contributed by atoms with Crippen molar-refractivity contribution >= 4 is 23.6 Å². The maximum absolute atomic E-state index is 12.9. The summed E-state index contributed by atoms with van der Waals surface area (Å²) in [5.41, 5.74) is 3.78. The summed E-state index contributed by atoms with van der Waals surface area (Å²) >= 11 is 0. The number of aryl methyl sites for hydroxylation is 1. The molecule has 4 amide bonds. The largest absolute Gasteiger partial charge is 0.348 e. The number of urea groups is 1. The van der Waals surface area contributed by atoms with Crippen LogP contribution in [0.3, 0.4) is 0 Å². The third kappa shape index (κ3) is 4.18. The molecule has 0 saturated carbocycles. The van der Waals surface area contributed by atoms with Gasteiger partial charge in [-0.1, -0.05) is 18.6 Å². The number of allylic oxidation sites excluding steroid dienone is 2. The van der Waals surface area contributed by atoms with Gasteiger partial charge in [-0.25, -0.2) is 9.69 Å². The molecule has 1 fully saturated rings. The standard InChI is InChI=1S/C22H29N3O4/c1-4-11-24-20(27)21(28)25(22(24)29)14-19(26)18-13-15(2)23(16(18)3)12-10-17-8-6-5-7-9-17/h8,13H,4-7,9-12,14H2,1-3H3. The number of Topliss-reactive ketones (excluding diaryl/α,β-unsaturated/α-hetero) is 1. The SMILES string of the molecule is CCCN1C(=O)C(=O)N(CC(=O)c2cc(C)n(CCC3=CCCCC3)c2C)C1=O. The van der Waals surface area contributed by atoms with Gasteiger partial charge in [0, 0.05) is 30.0 Å². The van der Waals surface area contributed by atoms with Crippen LogP contribution in [0.1, 0.15) is 67.2 Å². The van der Waals surface area contributed by atoms with E-state index in [-0.39, 0.29) is 12.3 Å². The third-order valence-electron chi connectivity index (χ3n) is 5.80. The molecular weight excluding hydrogens is 370 g/mol. The van der Waals surface area contributed by atoms with E-state index in [0.29, 0.717) is 12.0 Å². The van der Waals surface area contributed by atoms with Crippen molar-refractivity contribution < 1.29 is 19.2 Å². The summed E-state index contributed by atoms with van der Waals surface area (Å²) < 4.78 is 2.12. The lowest BCUT2D eigenvalue weighted by atomic mass is 9.97. The summed E-state index contributed by atoms with van der Waals surface area (Å²) in [6.07, 6.45) is 8.65. The van der Waals surface area contributed by atoms with E-state index in [1.807, 2.05) is 26.8 Å². The van der Waals surface area contributed by atoms with Crippen LogP contribution in [0.15, 0.2) is 17.7 Å². The van der Waals surface area contributed by atoms with Crippen LogP contribution in [0.4, 0.5) is 4.79 Å². The van der Waals surface area contributed by atoms with Crippen LogP contribution >= 0.6 is 0 Å². The van der Waals surface area contributed by atoms with Crippen molar-refractivity contribution in [3.05, 3.63) is 34.7 Å². The lowest BCUT2D eigenvalue weighted by Crippen LogP contribution is -2.37. The zero-order valence-electron chi connectivity index (χ0n) is 17.5. The van der Waals surface area contributed by atoms with E-state index in [1.54, 1.807) is 0 Å². The van der Waals surface area contributed by atoms with Crippen LogP contribution in [0.2, 0.25) is 0 Å². The van der Waals surface area contributed by atoms with Gasteiger partial charge in [0.2, 0.25) is 0 Å². The quantitative estimate of drug-likeness (QED) is 0.290. The monoisotopic (exact) mass is 399 g/mol. The first kappa shape index (κ1) is 21.0. The number of amides is 4. The lowest BCUT2D eigenvalue weighted by Gasteiger charge is -2.16. The van der Waals surface area contributed by atoms with Gasteiger partial charge >= 0.3 is 17.8 Å². The molecule has 2 heterocycles. The number of ketones is 1. The summed E-state index contributed by atoms with van der Waals surface area (Å²) in [4.78, 5) is 51.0. The Labute approximate surface area is 171 Å². The predicted molar refractivity (Wildman–Crippen MR) is 109 cm³/mol. The minimum absolute atomic E-state index is 0.179. The Kier molecular flexibility index (Phi) is 6.35. The normalized spacial score (nSPS) is 17.3. The molecule has 1 aromatic heterocycles. The number of hydrogen-bond acceptors (Lipinski definition) is 4. The molecule has 1 aliphatic carbocycles. The molecule has 0 radical (unpaired) electrons. The molecule has 0 N–H and O–H groups in total. The van der Waals surface area contributed by atoms with Crippen molar-refractivity contribution in [1.29, 1.82) is 0 Å². The van der Waals surface area contributed by atoms with Gasteiger partial charge in [0.05, 0.1) is 6.54 Å². The smallest absolute Gasteiger partial charge is 0.334 e. The number of carbonyl (C=O) groups is 4. The van der Waals surface area contributed by atoms with E-state index in [1.165, 1.54) is 18.4 Å². The summed E-state index contributed by atoms with van der Waals surface area (Å²) in [5.74, 6) is -2.10. The number of hydrogen-bond donors (Lipinski definition) is 0. The van der Waals surface area contributed by atoms with Crippen molar-refractivity contribution in [3.8, 4) is 0 Å². The van der Waals surface area contributed by atoms with E-state index in [0.717, 1.165) is 47.0 Å². The molecular formula is C22H29N3O4. The molecule has 7 heteroatoms. The molecule has 1 saturated heterocycles. The van der Waals surface area contributed by atoms with Crippen LogP contribution in [-0.2, 0) is 16.1 Å². The highest BCUT2D eigenvalue weighted by atomic mass is 16.2. The molecule has 3 rings (SSSR count). The maximum atomic E-state index is 12.9. The molecule has 29 heavy (non-hydrogen) atoms. The fourth-order valence-corrected chi connectivity index (χ4v) is 4.15. The van der Waals surface area contributed by atoms with Crippen LogP contribution in [0, 0.1) is 13.8 Å². The summed E-state index contributed by atoms with van der Waals surface area (Å²) in [7, 11) is 0. The number of nitrogens with zero attached hydrogens (tertiary/aromatic N) is 3.